The molecule has 1 nitrogen and oxygen atoms in total. The first kappa shape index (κ1) is 19.6. The fourth-order valence-electron chi connectivity index (χ4n) is 5.47. The van der Waals surface area contributed by atoms with Gasteiger partial charge in [-0.15, -0.1) is 13.2 Å². The third-order valence-electron chi connectivity index (χ3n) is 6.74. The highest BCUT2D eigenvalue weighted by Crippen LogP contribution is 2.52. The van der Waals surface area contributed by atoms with Crippen LogP contribution in [0.3, 0.4) is 0 Å². The van der Waals surface area contributed by atoms with E-state index in [9.17, 15) is 13.2 Å². The zero-order valence-corrected chi connectivity index (χ0v) is 15.8. The molecule has 2 saturated carbocycles. The molecule has 2 aliphatic rings. The molecule has 146 valence electrons. The highest BCUT2D eigenvalue weighted by Gasteiger charge is 2.43. The van der Waals surface area contributed by atoms with Crippen LogP contribution in [0.4, 0.5) is 13.2 Å². The summed E-state index contributed by atoms with van der Waals surface area (Å²) < 4.78 is 41.4. The normalized spacial score (nSPS) is 28.1. The average Bonchev–Trinajstić information content (AvgIpc) is 2.63. The van der Waals surface area contributed by atoms with Crippen LogP contribution in [0.1, 0.15) is 83.1 Å². The quantitative estimate of drug-likeness (QED) is 0.526. The molecular formula is C22H31F3O. The van der Waals surface area contributed by atoms with E-state index in [-0.39, 0.29) is 11.2 Å². The van der Waals surface area contributed by atoms with E-state index in [1.807, 2.05) is 12.1 Å². The topological polar surface area (TPSA) is 9.23 Å². The van der Waals surface area contributed by atoms with E-state index in [1.165, 1.54) is 88.3 Å². The van der Waals surface area contributed by atoms with E-state index in [0.717, 1.165) is 5.92 Å². The molecule has 0 aliphatic heterocycles. The van der Waals surface area contributed by atoms with Crippen molar-refractivity contribution in [3.05, 3.63) is 29.8 Å². The molecule has 0 saturated heterocycles. The summed E-state index contributed by atoms with van der Waals surface area (Å²) in [7, 11) is 0. The van der Waals surface area contributed by atoms with Crippen LogP contribution in [0.25, 0.3) is 0 Å². The first-order valence-corrected chi connectivity index (χ1v) is 10.3. The standard InChI is InChI=1S/C22H31F3O/c1-2-6-17-13-15-21(16-14-17,18-7-4-3-5-8-18)19-9-11-20(12-10-19)26-22(23,24)25/h9-12,17-18H,2-8,13-16H2,1H3. The van der Waals surface area contributed by atoms with Crippen LogP contribution < -0.4 is 4.74 Å². The maximum Gasteiger partial charge on any atom is 0.573 e. The Kier molecular flexibility index (Phi) is 6.19. The Morgan fingerprint density at radius 1 is 0.962 bits per heavy atom. The van der Waals surface area contributed by atoms with Crippen molar-refractivity contribution in [2.75, 3.05) is 0 Å². The Labute approximate surface area is 155 Å². The lowest BCUT2D eigenvalue weighted by Gasteiger charge is -2.48. The molecule has 0 bridgehead atoms. The minimum absolute atomic E-state index is 0.111. The second kappa shape index (κ2) is 8.22. The number of alkyl halides is 3. The van der Waals surface area contributed by atoms with Crippen LogP contribution in [0.15, 0.2) is 24.3 Å². The number of benzene rings is 1. The molecule has 26 heavy (non-hydrogen) atoms. The second-order valence-electron chi connectivity index (χ2n) is 8.30. The van der Waals surface area contributed by atoms with Crippen molar-refractivity contribution in [2.45, 2.75) is 89.3 Å². The van der Waals surface area contributed by atoms with Gasteiger partial charge in [-0.2, -0.15) is 0 Å². The molecule has 0 N–H and O–H groups in total. The van der Waals surface area contributed by atoms with E-state index >= 15 is 0 Å². The highest BCUT2D eigenvalue weighted by molar-refractivity contribution is 5.34. The summed E-state index contributed by atoms with van der Waals surface area (Å²) in [6.45, 7) is 2.25. The molecule has 0 amide bonds. The lowest BCUT2D eigenvalue weighted by Crippen LogP contribution is -2.40. The second-order valence-corrected chi connectivity index (χ2v) is 8.30. The summed E-state index contributed by atoms with van der Waals surface area (Å²) in [5.74, 6) is 1.39. The lowest BCUT2D eigenvalue weighted by molar-refractivity contribution is -0.274. The summed E-state index contributed by atoms with van der Waals surface area (Å²) in [6, 6.07) is 6.81. The van der Waals surface area contributed by atoms with Gasteiger partial charge in [0.05, 0.1) is 0 Å². The largest absolute Gasteiger partial charge is 0.573 e. The SMILES string of the molecule is CCCC1CCC(c2ccc(OC(F)(F)F)cc2)(C2CCCCC2)CC1. The summed E-state index contributed by atoms with van der Waals surface area (Å²) >= 11 is 0. The van der Waals surface area contributed by atoms with E-state index < -0.39 is 6.36 Å². The molecule has 4 heteroatoms. The van der Waals surface area contributed by atoms with Crippen molar-refractivity contribution in [1.29, 1.82) is 0 Å². The third-order valence-corrected chi connectivity index (χ3v) is 6.74. The van der Waals surface area contributed by atoms with Gasteiger partial charge in [-0.3, -0.25) is 0 Å². The minimum Gasteiger partial charge on any atom is -0.406 e. The van der Waals surface area contributed by atoms with Crippen LogP contribution in [-0.4, -0.2) is 6.36 Å². The first-order valence-electron chi connectivity index (χ1n) is 10.3. The summed E-state index contributed by atoms with van der Waals surface area (Å²) in [5, 5.41) is 0. The molecule has 2 aliphatic carbocycles. The number of ether oxygens (including phenoxy) is 1. The van der Waals surface area contributed by atoms with Crippen molar-refractivity contribution in [3.63, 3.8) is 0 Å². The maximum atomic E-state index is 12.5. The molecule has 1 aromatic carbocycles. The Balaban J connectivity index is 1.81. The van der Waals surface area contributed by atoms with Gasteiger partial charge in [0.15, 0.2) is 0 Å². The molecule has 0 spiro atoms. The fourth-order valence-corrected chi connectivity index (χ4v) is 5.47. The Bertz CT molecular complexity index is 550. The molecule has 2 fully saturated rings. The molecule has 0 radical (unpaired) electrons. The smallest absolute Gasteiger partial charge is 0.406 e. The monoisotopic (exact) mass is 368 g/mol. The summed E-state index contributed by atoms with van der Waals surface area (Å²) in [4.78, 5) is 0. The Morgan fingerprint density at radius 3 is 2.12 bits per heavy atom. The average molecular weight is 368 g/mol. The number of rotatable bonds is 5. The van der Waals surface area contributed by atoms with Gasteiger partial charge in [0.2, 0.25) is 0 Å². The third kappa shape index (κ3) is 4.55. The van der Waals surface area contributed by atoms with Crippen molar-refractivity contribution in [2.24, 2.45) is 11.8 Å². The van der Waals surface area contributed by atoms with Crippen LogP contribution >= 0.6 is 0 Å². The van der Waals surface area contributed by atoms with Gasteiger partial charge in [-0.05, 0) is 73.5 Å². The highest BCUT2D eigenvalue weighted by atomic mass is 19.4. The number of halogens is 3. The number of hydrogen-bond acceptors (Lipinski definition) is 1. The van der Waals surface area contributed by atoms with Gasteiger partial charge in [0.25, 0.3) is 0 Å². The van der Waals surface area contributed by atoms with Crippen LogP contribution in [-0.2, 0) is 5.41 Å². The predicted octanol–water partition coefficient (Wildman–Crippen LogP) is 7.39. The molecular weight excluding hydrogens is 337 g/mol. The van der Waals surface area contributed by atoms with Gasteiger partial charge >= 0.3 is 6.36 Å². The zero-order valence-electron chi connectivity index (χ0n) is 15.8. The molecule has 0 unspecified atom stereocenters. The van der Waals surface area contributed by atoms with E-state index in [2.05, 4.69) is 11.7 Å². The predicted molar refractivity (Wildman–Crippen MR) is 98.2 cm³/mol. The summed E-state index contributed by atoms with van der Waals surface area (Å²) in [6.07, 6.45) is 9.23. The van der Waals surface area contributed by atoms with Crippen LogP contribution in [0.2, 0.25) is 0 Å². The van der Waals surface area contributed by atoms with Gasteiger partial charge in [0, 0.05) is 0 Å². The number of hydrogen-bond donors (Lipinski definition) is 0. The Hall–Kier alpha value is -1.19. The molecule has 3 rings (SSSR count). The lowest BCUT2D eigenvalue weighted by atomic mass is 9.57. The van der Waals surface area contributed by atoms with Gasteiger partial charge in [-0.25, -0.2) is 0 Å². The minimum atomic E-state index is -4.62. The van der Waals surface area contributed by atoms with Crippen molar-refractivity contribution in [3.8, 4) is 5.75 Å². The van der Waals surface area contributed by atoms with Gasteiger partial charge < -0.3 is 4.74 Å². The molecule has 0 atom stereocenters. The zero-order chi connectivity index (χ0) is 18.6. The Morgan fingerprint density at radius 2 is 1.58 bits per heavy atom. The van der Waals surface area contributed by atoms with Crippen LogP contribution in [0.5, 0.6) is 5.75 Å². The first-order chi connectivity index (χ1) is 12.4. The van der Waals surface area contributed by atoms with E-state index in [4.69, 9.17) is 0 Å². The molecule has 1 aromatic rings. The maximum absolute atomic E-state index is 12.5. The van der Waals surface area contributed by atoms with Crippen LogP contribution in [0, 0.1) is 11.8 Å². The van der Waals surface area contributed by atoms with Crippen molar-refractivity contribution >= 4 is 0 Å². The van der Waals surface area contributed by atoms with Gasteiger partial charge in [-0.1, -0.05) is 51.2 Å². The summed E-state index contributed by atoms with van der Waals surface area (Å²) in [5.41, 5.74) is 1.38. The fraction of sp³-hybridized carbons (Fsp3) is 0.727. The van der Waals surface area contributed by atoms with Gasteiger partial charge in [0.1, 0.15) is 5.75 Å². The molecule has 0 aromatic heterocycles. The molecule has 0 heterocycles. The van der Waals surface area contributed by atoms with Crippen molar-refractivity contribution in [1.82, 2.24) is 0 Å². The van der Waals surface area contributed by atoms with Crippen molar-refractivity contribution < 1.29 is 17.9 Å². The van der Waals surface area contributed by atoms with E-state index in [0.29, 0.717) is 5.92 Å². The van der Waals surface area contributed by atoms with E-state index in [1.54, 1.807) is 0 Å².